The molecule has 8 heteroatoms. The first-order chi connectivity index (χ1) is 13.4. The molecule has 1 atom stereocenters. The quantitative estimate of drug-likeness (QED) is 0.774. The first-order valence-electron chi connectivity index (χ1n) is 9.23. The van der Waals surface area contributed by atoms with Crippen molar-refractivity contribution < 1.29 is 17.6 Å². The Morgan fingerprint density at radius 2 is 1.68 bits per heavy atom. The lowest BCUT2D eigenvalue weighted by molar-refractivity contribution is -0.121. The minimum atomic E-state index is -3.55. The number of hydrogen-bond acceptors (Lipinski definition) is 4. The van der Waals surface area contributed by atoms with E-state index in [1.165, 1.54) is 12.1 Å². The third-order valence-electron chi connectivity index (χ3n) is 4.96. The summed E-state index contributed by atoms with van der Waals surface area (Å²) >= 11 is 0. The van der Waals surface area contributed by atoms with Crippen molar-refractivity contribution in [3.8, 4) is 0 Å². The summed E-state index contributed by atoms with van der Waals surface area (Å²) < 4.78 is 41.3. The second-order valence-electron chi connectivity index (χ2n) is 6.89. The summed E-state index contributed by atoms with van der Waals surface area (Å²) in [4.78, 5) is 14.6. The maximum absolute atomic E-state index is 13.7. The number of benzene rings is 2. The number of hydrogen-bond donors (Lipinski definition) is 2. The smallest absolute Gasteiger partial charge is 0.241 e. The fraction of sp³-hybridized carbons (Fsp3) is 0.350. The van der Waals surface area contributed by atoms with Crippen LogP contribution in [-0.2, 0) is 14.8 Å². The van der Waals surface area contributed by atoms with Crippen LogP contribution in [0.5, 0.6) is 0 Å². The van der Waals surface area contributed by atoms with Crippen LogP contribution in [-0.4, -0.2) is 44.4 Å². The maximum Gasteiger partial charge on any atom is 0.241 e. The summed E-state index contributed by atoms with van der Waals surface area (Å²) in [6.07, 6.45) is 1.20. The summed E-state index contributed by atoms with van der Waals surface area (Å²) in [6, 6.07) is 13.7. The Hall–Kier alpha value is -2.29. The average molecular weight is 405 g/mol. The molecule has 0 radical (unpaired) electrons. The van der Waals surface area contributed by atoms with E-state index in [0.717, 1.165) is 0 Å². The van der Waals surface area contributed by atoms with Crippen molar-refractivity contribution in [2.24, 2.45) is 0 Å². The molecule has 1 amide bonds. The lowest BCUT2D eigenvalue weighted by Crippen LogP contribution is -2.50. The van der Waals surface area contributed by atoms with Crippen molar-refractivity contribution in [2.45, 2.75) is 36.7 Å². The molecule has 2 aromatic carbocycles. The molecular weight excluding hydrogens is 381 g/mol. The second kappa shape index (κ2) is 8.81. The van der Waals surface area contributed by atoms with Gasteiger partial charge in [-0.25, -0.2) is 17.5 Å². The van der Waals surface area contributed by atoms with Gasteiger partial charge in [-0.1, -0.05) is 30.3 Å². The van der Waals surface area contributed by atoms with Crippen LogP contribution in [0.3, 0.4) is 0 Å². The normalized spacial score (nSPS) is 17.2. The minimum absolute atomic E-state index is 0.157. The topological polar surface area (TPSA) is 78.5 Å². The molecule has 1 fully saturated rings. The van der Waals surface area contributed by atoms with Gasteiger partial charge < -0.3 is 5.32 Å². The van der Waals surface area contributed by atoms with E-state index in [0.29, 0.717) is 25.9 Å². The Morgan fingerprint density at radius 1 is 1.07 bits per heavy atom. The number of likely N-dealkylation sites (tertiary alicyclic amines) is 1. The third kappa shape index (κ3) is 4.95. The highest BCUT2D eigenvalue weighted by Gasteiger charge is 2.29. The molecule has 2 N–H and O–H groups in total. The number of amides is 1. The van der Waals surface area contributed by atoms with E-state index < -0.39 is 21.9 Å². The number of piperidine rings is 1. The first-order valence-corrected chi connectivity index (χ1v) is 10.7. The van der Waals surface area contributed by atoms with Gasteiger partial charge in [0.05, 0.1) is 16.6 Å². The predicted octanol–water partition coefficient (Wildman–Crippen LogP) is 2.60. The van der Waals surface area contributed by atoms with Crippen LogP contribution < -0.4 is 10.0 Å². The zero-order chi connectivity index (χ0) is 20.1. The van der Waals surface area contributed by atoms with E-state index in [9.17, 15) is 17.6 Å². The number of anilines is 1. The third-order valence-corrected chi connectivity index (χ3v) is 6.50. The summed E-state index contributed by atoms with van der Waals surface area (Å²) in [5.41, 5.74) is 0.157. The Labute approximate surface area is 164 Å². The Morgan fingerprint density at radius 3 is 2.32 bits per heavy atom. The average Bonchev–Trinajstić information content (AvgIpc) is 2.70. The largest absolute Gasteiger partial charge is 0.322 e. The van der Waals surface area contributed by atoms with Gasteiger partial charge in [-0.3, -0.25) is 9.69 Å². The Balaban J connectivity index is 1.53. The van der Waals surface area contributed by atoms with Gasteiger partial charge in [-0.15, -0.1) is 0 Å². The molecule has 1 heterocycles. The van der Waals surface area contributed by atoms with Gasteiger partial charge in [0.1, 0.15) is 5.82 Å². The van der Waals surface area contributed by atoms with Crippen LogP contribution in [0.4, 0.5) is 10.1 Å². The number of nitrogens with one attached hydrogen (secondary N) is 2. The SMILES string of the molecule is CC(C(=O)Nc1ccccc1F)N1CCC(NS(=O)(=O)c2ccccc2)CC1. The molecule has 1 aliphatic rings. The molecule has 0 saturated carbocycles. The van der Waals surface area contributed by atoms with Gasteiger partial charge in [-0.2, -0.15) is 0 Å². The van der Waals surface area contributed by atoms with Crippen molar-refractivity contribution in [3.05, 3.63) is 60.4 Å². The van der Waals surface area contributed by atoms with Crippen molar-refractivity contribution >= 4 is 21.6 Å². The van der Waals surface area contributed by atoms with E-state index in [-0.39, 0.29) is 22.5 Å². The van der Waals surface area contributed by atoms with Crippen LogP contribution in [0.1, 0.15) is 19.8 Å². The van der Waals surface area contributed by atoms with E-state index in [1.54, 1.807) is 49.4 Å². The van der Waals surface area contributed by atoms with E-state index in [2.05, 4.69) is 10.0 Å². The number of sulfonamides is 1. The Kier molecular flexibility index (Phi) is 6.43. The molecule has 150 valence electrons. The highest BCUT2D eigenvalue weighted by molar-refractivity contribution is 7.89. The highest BCUT2D eigenvalue weighted by atomic mass is 32.2. The molecule has 1 aliphatic heterocycles. The highest BCUT2D eigenvalue weighted by Crippen LogP contribution is 2.18. The first kappa shape index (κ1) is 20.4. The van der Waals surface area contributed by atoms with Gasteiger partial charge in [0.2, 0.25) is 15.9 Å². The molecule has 28 heavy (non-hydrogen) atoms. The molecule has 1 unspecified atom stereocenters. The van der Waals surface area contributed by atoms with Gasteiger partial charge in [0.15, 0.2) is 0 Å². The van der Waals surface area contributed by atoms with Crippen molar-refractivity contribution in [1.29, 1.82) is 0 Å². The fourth-order valence-electron chi connectivity index (χ4n) is 3.26. The summed E-state index contributed by atoms with van der Waals surface area (Å²) in [5, 5.41) is 2.61. The predicted molar refractivity (Wildman–Crippen MR) is 106 cm³/mol. The van der Waals surface area contributed by atoms with Crippen molar-refractivity contribution in [2.75, 3.05) is 18.4 Å². The van der Waals surface area contributed by atoms with Crippen LogP contribution in [0.25, 0.3) is 0 Å². The van der Waals surface area contributed by atoms with E-state index in [4.69, 9.17) is 0 Å². The fourth-order valence-corrected chi connectivity index (χ4v) is 4.58. The van der Waals surface area contributed by atoms with Gasteiger partial charge >= 0.3 is 0 Å². The van der Waals surface area contributed by atoms with E-state index >= 15 is 0 Å². The maximum atomic E-state index is 13.7. The molecule has 6 nitrogen and oxygen atoms in total. The van der Waals surface area contributed by atoms with Gasteiger partial charge in [-0.05, 0) is 44.0 Å². The summed E-state index contributed by atoms with van der Waals surface area (Å²) in [5.74, 6) is -0.759. The molecule has 0 bridgehead atoms. The van der Waals surface area contributed by atoms with Crippen LogP contribution >= 0.6 is 0 Å². The van der Waals surface area contributed by atoms with Crippen LogP contribution in [0.2, 0.25) is 0 Å². The van der Waals surface area contributed by atoms with Gasteiger partial charge in [0.25, 0.3) is 0 Å². The van der Waals surface area contributed by atoms with E-state index in [1.807, 2.05) is 4.90 Å². The molecular formula is C20H24FN3O3S. The van der Waals surface area contributed by atoms with Crippen molar-refractivity contribution in [1.82, 2.24) is 9.62 Å². The molecule has 0 aromatic heterocycles. The number of para-hydroxylation sites is 1. The summed E-state index contributed by atoms with van der Waals surface area (Å²) in [7, 11) is -3.55. The summed E-state index contributed by atoms with van der Waals surface area (Å²) in [6.45, 7) is 2.92. The number of nitrogens with zero attached hydrogens (tertiary/aromatic N) is 1. The molecule has 2 aromatic rings. The Bertz CT molecular complexity index is 913. The van der Waals surface area contributed by atoms with Crippen LogP contribution in [0.15, 0.2) is 59.5 Å². The number of carbonyl (C=O) groups is 1. The lowest BCUT2D eigenvalue weighted by Gasteiger charge is -2.35. The van der Waals surface area contributed by atoms with Crippen molar-refractivity contribution in [3.63, 3.8) is 0 Å². The van der Waals surface area contributed by atoms with Crippen LogP contribution in [0, 0.1) is 5.82 Å². The standard InChI is InChI=1S/C20H24FN3O3S/c1-15(20(25)22-19-10-6-5-9-18(19)21)24-13-11-16(12-14-24)23-28(26,27)17-7-3-2-4-8-17/h2-10,15-16,23H,11-14H2,1H3,(H,22,25). The molecule has 3 rings (SSSR count). The zero-order valence-electron chi connectivity index (χ0n) is 15.6. The minimum Gasteiger partial charge on any atom is -0.322 e. The monoisotopic (exact) mass is 405 g/mol. The number of carbonyl (C=O) groups excluding carboxylic acids is 1. The van der Waals surface area contributed by atoms with Gasteiger partial charge in [0, 0.05) is 19.1 Å². The second-order valence-corrected chi connectivity index (χ2v) is 8.60. The molecule has 0 spiro atoms. The lowest BCUT2D eigenvalue weighted by atomic mass is 10.0. The number of halogens is 1. The zero-order valence-corrected chi connectivity index (χ0v) is 16.5. The molecule has 1 saturated heterocycles. The molecule has 0 aliphatic carbocycles. The number of rotatable bonds is 6.